The number of nitrogens with zero attached hydrogens (tertiary/aromatic N) is 1. The van der Waals surface area contributed by atoms with E-state index in [0.29, 0.717) is 11.7 Å². The maximum absolute atomic E-state index is 9.66. The van der Waals surface area contributed by atoms with Crippen molar-refractivity contribution >= 4 is 11.8 Å². The molecular formula is C13H19NO2S. The molecule has 1 N–H and O–H groups in total. The van der Waals surface area contributed by atoms with Crippen LogP contribution in [0.3, 0.4) is 0 Å². The van der Waals surface area contributed by atoms with E-state index >= 15 is 0 Å². The lowest BCUT2D eigenvalue weighted by molar-refractivity contribution is 0.100. The molecule has 1 fully saturated rings. The second-order valence-corrected chi connectivity index (χ2v) is 5.65. The van der Waals surface area contributed by atoms with Crippen molar-refractivity contribution in [1.29, 1.82) is 0 Å². The highest BCUT2D eigenvalue weighted by Gasteiger charge is 2.15. The number of hydrogen-bond acceptors (Lipinski definition) is 4. The van der Waals surface area contributed by atoms with E-state index in [0.717, 1.165) is 31.7 Å². The van der Waals surface area contributed by atoms with Crippen LogP contribution in [0.2, 0.25) is 0 Å². The molecule has 1 aliphatic rings. The molecule has 2 rings (SSSR count). The van der Waals surface area contributed by atoms with Gasteiger partial charge in [0.2, 0.25) is 0 Å². The van der Waals surface area contributed by atoms with Gasteiger partial charge in [-0.05, 0) is 31.4 Å². The number of hydrogen-bond donors (Lipinski definition) is 1. The lowest BCUT2D eigenvalue weighted by Crippen LogP contribution is -2.17. The highest BCUT2D eigenvalue weighted by Crippen LogP contribution is 2.29. The molecule has 1 atom stereocenters. The number of aliphatic hydroxyl groups is 1. The van der Waals surface area contributed by atoms with Crippen LogP contribution in [0, 0.1) is 0 Å². The molecule has 0 radical (unpaired) electrons. The zero-order valence-corrected chi connectivity index (χ0v) is 10.9. The monoisotopic (exact) mass is 253 g/mol. The fourth-order valence-corrected chi connectivity index (χ4v) is 2.93. The van der Waals surface area contributed by atoms with Crippen molar-refractivity contribution in [3.05, 3.63) is 24.0 Å². The molecule has 1 aromatic rings. The molecule has 0 spiro atoms. The molecule has 0 aromatic carbocycles. The van der Waals surface area contributed by atoms with Crippen molar-refractivity contribution in [3.8, 4) is 0 Å². The van der Waals surface area contributed by atoms with Gasteiger partial charge in [-0.15, -0.1) is 11.8 Å². The van der Waals surface area contributed by atoms with Crippen molar-refractivity contribution < 1.29 is 9.84 Å². The Labute approximate surface area is 107 Å². The first-order chi connectivity index (χ1) is 8.29. The number of rotatable bonds is 4. The van der Waals surface area contributed by atoms with E-state index in [1.54, 1.807) is 0 Å². The lowest BCUT2D eigenvalue weighted by atomic mass is 10.2. The fraction of sp³-hybridized carbons (Fsp3) is 0.615. The maximum Gasteiger partial charge on any atom is 0.0957 e. The Hall–Kier alpha value is -0.580. The third-order valence-electron chi connectivity index (χ3n) is 2.96. The maximum atomic E-state index is 9.66. The Kier molecular flexibility index (Phi) is 4.83. The third kappa shape index (κ3) is 3.69. The molecule has 3 nitrogen and oxygen atoms in total. The average molecular weight is 253 g/mol. The summed E-state index contributed by atoms with van der Waals surface area (Å²) in [5.74, 6) is 0. The van der Waals surface area contributed by atoms with Gasteiger partial charge in [0, 0.05) is 29.6 Å². The second kappa shape index (κ2) is 6.38. The quantitative estimate of drug-likeness (QED) is 0.896. The number of aliphatic hydroxyl groups excluding tert-OH is 1. The minimum atomic E-state index is -0.433. The van der Waals surface area contributed by atoms with E-state index in [1.807, 2.05) is 30.9 Å². The van der Waals surface area contributed by atoms with Crippen LogP contribution in [-0.4, -0.2) is 28.6 Å². The van der Waals surface area contributed by atoms with Gasteiger partial charge in [0.15, 0.2) is 0 Å². The van der Waals surface area contributed by atoms with Crippen LogP contribution in [0.1, 0.15) is 38.0 Å². The topological polar surface area (TPSA) is 42.4 Å². The van der Waals surface area contributed by atoms with E-state index in [-0.39, 0.29) is 0 Å². The summed E-state index contributed by atoms with van der Waals surface area (Å²) < 4.78 is 5.34. The molecular weight excluding hydrogens is 234 g/mol. The van der Waals surface area contributed by atoms with E-state index < -0.39 is 6.10 Å². The first-order valence-electron chi connectivity index (χ1n) is 6.18. The van der Waals surface area contributed by atoms with Crippen molar-refractivity contribution in [1.82, 2.24) is 4.98 Å². The van der Waals surface area contributed by atoms with Crippen molar-refractivity contribution in [3.63, 3.8) is 0 Å². The third-order valence-corrected chi connectivity index (χ3v) is 4.28. The van der Waals surface area contributed by atoms with Gasteiger partial charge >= 0.3 is 0 Å². The van der Waals surface area contributed by atoms with Crippen LogP contribution in [0.4, 0.5) is 0 Å². The summed E-state index contributed by atoms with van der Waals surface area (Å²) in [4.78, 5) is 5.50. The van der Waals surface area contributed by atoms with Crippen LogP contribution < -0.4 is 0 Å². The Morgan fingerprint density at radius 1 is 1.47 bits per heavy atom. The highest BCUT2D eigenvalue weighted by atomic mass is 32.2. The highest BCUT2D eigenvalue weighted by molar-refractivity contribution is 8.00. The van der Waals surface area contributed by atoms with Crippen LogP contribution in [0.5, 0.6) is 0 Å². The summed E-state index contributed by atoms with van der Waals surface area (Å²) in [6.45, 7) is 3.70. The Morgan fingerprint density at radius 2 is 2.24 bits per heavy atom. The first kappa shape index (κ1) is 12.9. The summed E-state index contributed by atoms with van der Waals surface area (Å²) in [5.41, 5.74) is 0.767. The molecule has 2 heterocycles. The van der Waals surface area contributed by atoms with Gasteiger partial charge < -0.3 is 9.84 Å². The molecule has 17 heavy (non-hydrogen) atoms. The number of pyridine rings is 1. The lowest BCUT2D eigenvalue weighted by Gasteiger charge is -2.21. The van der Waals surface area contributed by atoms with Gasteiger partial charge in [-0.1, -0.05) is 6.92 Å². The zero-order chi connectivity index (χ0) is 12.1. The van der Waals surface area contributed by atoms with Gasteiger partial charge in [0.25, 0.3) is 0 Å². The standard InChI is InChI=1S/C13H19NO2S/c1-2-13(15)12-4-3-11(9-14-12)17-10-5-7-16-8-6-10/h3-4,9-10,13,15H,2,5-8H2,1H3/t13-/m1/s1. The van der Waals surface area contributed by atoms with Crippen LogP contribution >= 0.6 is 11.8 Å². The minimum Gasteiger partial charge on any atom is -0.387 e. The molecule has 94 valence electrons. The van der Waals surface area contributed by atoms with E-state index in [9.17, 15) is 5.11 Å². The molecule has 0 saturated carbocycles. The SMILES string of the molecule is CC[C@@H](O)c1ccc(SC2CCOCC2)cn1. The molecule has 0 bridgehead atoms. The van der Waals surface area contributed by atoms with Crippen LogP contribution in [-0.2, 0) is 4.74 Å². The number of aromatic nitrogens is 1. The van der Waals surface area contributed by atoms with Crippen molar-refractivity contribution in [2.75, 3.05) is 13.2 Å². The Balaban J connectivity index is 1.93. The number of thioether (sulfide) groups is 1. The predicted octanol–water partition coefficient (Wildman–Crippen LogP) is 2.80. The summed E-state index contributed by atoms with van der Waals surface area (Å²) in [6, 6.07) is 3.98. The van der Waals surface area contributed by atoms with Gasteiger partial charge in [0.1, 0.15) is 0 Å². The largest absolute Gasteiger partial charge is 0.387 e. The van der Waals surface area contributed by atoms with E-state index in [1.165, 1.54) is 4.90 Å². The van der Waals surface area contributed by atoms with E-state index in [2.05, 4.69) is 11.1 Å². The fourth-order valence-electron chi connectivity index (χ4n) is 1.85. The Morgan fingerprint density at radius 3 is 2.82 bits per heavy atom. The molecule has 0 aliphatic carbocycles. The van der Waals surface area contributed by atoms with Crippen molar-refractivity contribution in [2.45, 2.75) is 42.4 Å². The molecule has 1 saturated heterocycles. The minimum absolute atomic E-state index is 0.433. The molecule has 0 unspecified atom stereocenters. The van der Waals surface area contributed by atoms with Gasteiger partial charge in [0.05, 0.1) is 11.8 Å². The summed E-state index contributed by atoms with van der Waals surface area (Å²) >= 11 is 1.87. The van der Waals surface area contributed by atoms with Gasteiger partial charge in [-0.3, -0.25) is 4.98 Å². The summed E-state index contributed by atoms with van der Waals surface area (Å²) in [5, 5.41) is 10.3. The molecule has 1 aromatic heterocycles. The average Bonchev–Trinajstić information content (AvgIpc) is 2.40. The normalized spacial score (nSPS) is 19.2. The Bertz CT molecular complexity index is 336. The summed E-state index contributed by atoms with van der Waals surface area (Å²) in [7, 11) is 0. The molecule has 4 heteroatoms. The summed E-state index contributed by atoms with van der Waals surface area (Å²) in [6.07, 6.45) is 4.37. The molecule has 0 amide bonds. The first-order valence-corrected chi connectivity index (χ1v) is 7.06. The van der Waals surface area contributed by atoms with Crippen LogP contribution in [0.15, 0.2) is 23.2 Å². The van der Waals surface area contributed by atoms with Gasteiger partial charge in [-0.2, -0.15) is 0 Å². The smallest absolute Gasteiger partial charge is 0.0957 e. The molecule has 1 aliphatic heterocycles. The van der Waals surface area contributed by atoms with Crippen molar-refractivity contribution in [2.24, 2.45) is 0 Å². The van der Waals surface area contributed by atoms with E-state index in [4.69, 9.17) is 4.74 Å². The van der Waals surface area contributed by atoms with Crippen LogP contribution in [0.25, 0.3) is 0 Å². The van der Waals surface area contributed by atoms with Gasteiger partial charge in [-0.25, -0.2) is 0 Å². The predicted molar refractivity (Wildman–Crippen MR) is 69.2 cm³/mol. The second-order valence-electron chi connectivity index (χ2n) is 4.27. The zero-order valence-electron chi connectivity index (χ0n) is 10.1. The number of ether oxygens (including phenoxy) is 1.